The predicted octanol–water partition coefficient (Wildman–Crippen LogP) is 2.58. The number of aryl methyl sites for hydroxylation is 4. The number of ether oxygens (including phenoxy) is 1. The van der Waals surface area contributed by atoms with Gasteiger partial charge in [-0.05, 0) is 38.8 Å². The van der Waals surface area contributed by atoms with Crippen molar-refractivity contribution in [3.8, 4) is 11.4 Å². The van der Waals surface area contributed by atoms with Crippen LogP contribution in [0.15, 0.2) is 12.1 Å². The molecule has 5 nitrogen and oxygen atoms in total. The quantitative estimate of drug-likeness (QED) is 0.806. The Hall–Kier alpha value is -2.17. The van der Waals surface area contributed by atoms with Crippen LogP contribution in [0.3, 0.4) is 0 Å². The molecule has 0 bridgehead atoms. The van der Waals surface area contributed by atoms with E-state index in [0.29, 0.717) is 18.0 Å². The molecule has 0 unspecified atom stereocenters. The highest BCUT2D eigenvalue weighted by atomic mass is 16.5. The Morgan fingerprint density at radius 1 is 1.25 bits per heavy atom. The number of hydrogen-bond donors (Lipinski definition) is 0. The topological polar surface area (TPSA) is 57.0 Å². The molecule has 20 heavy (non-hydrogen) atoms. The molecule has 0 saturated heterocycles. The van der Waals surface area contributed by atoms with Crippen LogP contribution in [0.2, 0.25) is 0 Å². The summed E-state index contributed by atoms with van der Waals surface area (Å²) in [6, 6.07) is 3.80. The highest BCUT2D eigenvalue weighted by molar-refractivity contribution is 5.89. The van der Waals surface area contributed by atoms with Gasteiger partial charge in [-0.25, -0.2) is 4.79 Å². The van der Waals surface area contributed by atoms with Crippen molar-refractivity contribution >= 4 is 5.97 Å². The maximum absolute atomic E-state index is 11.8. The number of nitrogens with zero attached hydrogens (tertiary/aromatic N) is 3. The van der Waals surface area contributed by atoms with E-state index >= 15 is 0 Å². The van der Waals surface area contributed by atoms with E-state index in [9.17, 15) is 4.79 Å². The minimum absolute atomic E-state index is 0.347. The normalized spacial score (nSPS) is 10.7. The second kappa shape index (κ2) is 5.45. The van der Waals surface area contributed by atoms with Crippen LogP contribution in [-0.2, 0) is 11.8 Å². The third-order valence-electron chi connectivity index (χ3n) is 3.26. The lowest BCUT2D eigenvalue weighted by Crippen LogP contribution is -2.10. The predicted molar refractivity (Wildman–Crippen MR) is 76.6 cm³/mol. The van der Waals surface area contributed by atoms with Crippen molar-refractivity contribution in [2.45, 2.75) is 27.7 Å². The second-order valence-corrected chi connectivity index (χ2v) is 4.82. The third-order valence-corrected chi connectivity index (χ3v) is 3.26. The SMILES string of the molecule is CCOC(=O)c1cc(-c2nc(C)c(C)cc2C)nn1C. The Morgan fingerprint density at radius 3 is 2.60 bits per heavy atom. The fourth-order valence-corrected chi connectivity index (χ4v) is 2.08. The summed E-state index contributed by atoms with van der Waals surface area (Å²) in [4.78, 5) is 16.4. The minimum atomic E-state index is -0.366. The van der Waals surface area contributed by atoms with Gasteiger partial charge >= 0.3 is 5.97 Å². The zero-order chi connectivity index (χ0) is 14.9. The molecule has 0 saturated carbocycles. The number of esters is 1. The molecule has 0 atom stereocenters. The van der Waals surface area contributed by atoms with Crippen LogP contribution >= 0.6 is 0 Å². The highest BCUT2D eigenvalue weighted by Crippen LogP contribution is 2.23. The van der Waals surface area contributed by atoms with Gasteiger partial charge in [0.25, 0.3) is 0 Å². The summed E-state index contributed by atoms with van der Waals surface area (Å²) in [7, 11) is 1.73. The number of carbonyl (C=O) groups is 1. The third kappa shape index (κ3) is 2.57. The van der Waals surface area contributed by atoms with Gasteiger partial charge < -0.3 is 4.74 Å². The lowest BCUT2D eigenvalue weighted by Gasteiger charge is -2.06. The van der Waals surface area contributed by atoms with Crippen molar-refractivity contribution in [2.75, 3.05) is 6.61 Å². The molecule has 2 aromatic heterocycles. The van der Waals surface area contributed by atoms with Crippen molar-refractivity contribution in [3.63, 3.8) is 0 Å². The molecule has 0 aliphatic heterocycles. The molecule has 0 amide bonds. The molecular formula is C15H19N3O2. The molecule has 0 radical (unpaired) electrons. The summed E-state index contributed by atoms with van der Waals surface area (Å²) in [5, 5.41) is 4.37. The fourth-order valence-electron chi connectivity index (χ4n) is 2.08. The summed E-state index contributed by atoms with van der Waals surface area (Å²) in [5.74, 6) is -0.366. The maximum atomic E-state index is 11.8. The monoisotopic (exact) mass is 273 g/mol. The van der Waals surface area contributed by atoms with Gasteiger partial charge in [0.15, 0.2) is 0 Å². The number of pyridine rings is 1. The molecule has 2 aromatic rings. The van der Waals surface area contributed by atoms with Crippen LogP contribution in [-0.4, -0.2) is 27.3 Å². The van der Waals surface area contributed by atoms with Crippen LogP contribution in [0.25, 0.3) is 11.4 Å². The van der Waals surface area contributed by atoms with E-state index in [1.807, 2.05) is 20.8 Å². The van der Waals surface area contributed by atoms with Crippen molar-refractivity contribution in [1.29, 1.82) is 0 Å². The molecule has 0 aromatic carbocycles. The molecule has 0 spiro atoms. The van der Waals surface area contributed by atoms with Crippen molar-refractivity contribution in [1.82, 2.24) is 14.8 Å². The molecule has 106 valence electrons. The summed E-state index contributed by atoms with van der Waals surface area (Å²) in [5.41, 5.74) is 5.08. The van der Waals surface area contributed by atoms with Crippen LogP contribution in [0, 0.1) is 20.8 Å². The lowest BCUT2D eigenvalue weighted by molar-refractivity contribution is 0.0513. The van der Waals surface area contributed by atoms with E-state index in [4.69, 9.17) is 4.74 Å². The smallest absolute Gasteiger partial charge is 0.356 e. The van der Waals surface area contributed by atoms with Crippen molar-refractivity contribution < 1.29 is 9.53 Å². The first-order chi connectivity index (χ1) is 9.43. The first-order valence-corrected chi connectivity index (χ1v) is 6.60. The van der Waals surface area contributed by atoms with Crippen molar-refractivity contribution in [2.24, 2.45) is 7.05 Å². The zero-order valence-corrected chi connectivity index (χ0v) is 12.5. The number of carbonyl (C=O) groups excluding carboxylic acids is 1. The highest BCUT2D eigenvalue weighted by Gasteiger charge is 2.17. The van der Waals surface area contributed by atoms with Crippen LogP contribution < -0.4 is 0 Å². The van der Waals surface area contributed by atoms with Gasteiger partial charge in [-0.1, -0.05) is 6.07 Å². The Balaban J connectivity index is 2.47. The molecule has 0 fully saturated rings. The van der Waals surface area contributed by atoms with E-state index in [-0.39, 0.29) is 5.97 Å². The number of aromatic nitrogens is 3. The van der Waals surface area contributed by atoms with Crippen molar-refractivity contribution in [3.05, 3.63) is 34.6 Å². The Kier molecular flexibility index (Phi) is 3.88. The first kappa shape index (κ1) is 14.2. The first-order valence-electron chi connectivity index (χ1n) is 6.60. The molecule has 2 heterocycles. The second-order valence-electron chi connectivity index (χ2n) is 4.82. The maximum Gasteiger partial charge on any atom is 0.356 e. The van der Waals surface area contributed by atoms with Gasteiger partial charge in [-0.2, -0.15) is 5.10 Å². The average molecular weight is 273 g/mol. The van der Waals surface area contributed by atoms with Crippen LogP contribution in [0.1, 0.15) is 34.2 Å². The summed E-state index contributed by atoms with van der Waals surface area (Å²) < 4.78 is 6.54. The molecule has 2 rings (SSSR count). The molecule has 0 N–H and O–H groups in total. The van der Waals surface area contributed by atoms with Crippen LogP contribution in [0.4, 0.5) is 0 Å². The fraction of sp³-hybridized carbons (Fsp3) is 0.400. The Labute approximate surface area is 118 Å². The number of hydrogen-bond acceptors (Lipinski definition) is 4. The zero-order valence-electron chi connectivity index (χ0n) is 12.5. The van der Waals surface area contributed by atoms with E-state index in [0.717, 1.165) is 22.5 Å². The molecule has 0 aliphatic carbocycles. The Morgan fingerprint density at radius 2 is 1.95 bits per heavy atom. The average Bonchev–Trinajstić information content (AvgIpc) is 2.76. The minimum Gasteiger partial charge on any atom is -0.461 e. The van der Waals surface area contributed by atoms with Crippen LogP contribution in [0.5, 0.6) is 0 Å². The van der Waals surface area contributed by atoms with Gasteiger partial charge in [0.1, 0.15) is 11.4 Å². The van der Waals surface area contributed by atoms with E-state index in [1.54, 1.807) is 20.0 Å². The summed E-state index contributed by atoms with van der Waals surface area (Å²) in [6.45, 7) is 8.12. The molecule has 5 heteroatoms. The van der Waals surface area contributed by atoms with E-state index in [1.165, 1.54) is 4.68 Å². The van der Waals surface area contributed by atoms with E-state index < -0.39 is 0 Å². The molecular weight excluding hydrogens is 254 g/mol. The van der Waals surface area contributed by atoms with Gasteiger partial charge in [0.2, 0.25) is 0 Å². The van der Waals surface area contributed by atoms with Gasteiger partial charge in [0.05, 0.1) is 12.3 Å². The van der Waals surface area contributed by atoms with Gasteiger partial charge in [-0.15, -0.1) is 0 Å². The number of rotatable bonds is 3. The molecule has 0 aliphatic rings. The lowest BCUT2D eigenvalue weighted by atomic mass is 10.1. The van der Waals surface area contributed by atoms with E-state index in [2.05, 4.69) is 16.1 Å². The largest absolute Gasteiger partial charge is 0.461 e. The van der Waals surface area contributed by atoms with Gasteiger partial charge in [0, 0.05) is 18.8 Å². The van der Waals surface area contributed by atoms with Gasteiger partial charge in [-0.3, -0.25) is 9.67 Å². The standard InChI is InChI=1S/C15H19N3O2/c1-6-20-15(19)13-8-12(17-18(13)5)14-10(3)7-9(2)11(4)16-14/h7-8H,6H2,1-5H3. The summed E-state index contributed by atoms with van der Waals surface area (Å²) >= 11 is 0. The Bertz CT molecular complexity index is 659. The summed E-state index contributed by atoms with van der Waals surface area (Å²) in [6.07, 6.45) is 0.